The molecule has 3 aromatic heterocycles. The number of nitrogens with zero attached hydrogens (tertiary/aromatic N) is 4. The van der Waals surface area contributed by atoms with E-state index in [9.17, 15) is 4.79 Å². The Morgan fingerprint density at radius 2 is 2.18 bits per heavy atom. The average molecular weight is 480 g/mol. The van der Waals surface area contributed by atoms with E-state index in [1.807, 2.05) is 25.4 Å². The van der Waals surface area contributed by atoms with Gasteiger partial charge < -0.3 is 25.6 Å². The van der Waals surface area contributed by atoms with Gasteiger partial charge in [-0.3, -0.25) is 4.79 Å². The number of aliphatic hydroxyl groups is 1. The Morgan fingerprint density at radius 3 is 2.91 bits per heavy atom. The van der Waals surface area contributed by atoms with Gasteiger partial charge in [0.15, 0.2) is 0 Å². The van der Waals surface area contributed by atoms with Crippen molar-refractivity contribution in [3.8, 4) is 16.6 Å². The van der Waals surface area contributed by atoms with Gasteiger partial charge in [-0.05, 0) is 37.7 Å². The molecule has 3 aromatic rings. The standard InChI is InChI=1S/C24H29N7O2S/c1-14-21(23(33)27-6-8-32)34-24(29-14)19-11-28-22-18(3-5-26-22)20(19)30-17-9-15-12-31(7-2-4-25)13-16(15)10-17/h3,5,11,15-17,32H,2,6-10,12-13H2,1H3,(H,27,33)(H2,26,28,30)/t15-,16+,17?. The maximum Gasteiger partial charge on any atom is 0.263 e. The van der Waals surface area contributed by atoms with Crippen LogP contribution in [0.15, 0.2) is 18.5 Å². The van der Waals surface area contributed by atoms with E-state index in [1.54, 1.807) is 0 Å². The van der Waals surface area contributed by atoms with Crippen molar-refractivity contribution in [3.05, 3.63) is 29.0 Å². The number of hydrogen-bond acceptors (Lipinski definition) is 8. The highest BCUT2D eigenvalue weighted by Gasteiger charge is 2.41. The summed E-state index contributed by atoms with van der Waals surface area (Å²) in [7, 11) is 0. The molecule has 1 amide bonds. The molecule has 2 fully saturated rings. The van der Waals surface area contributed by atoms with Crippen LogP contribution in [0.3, 0.4) is 0 Å². The van der Waals surface area contributed by atoms with Crippen LogP contribution < -0.4 is 10.6 Å². The minimum atomic E-state index is -0.218. The van der Waals surface area contributed by atoms with E-state index in [-0.39, 0.29) is 19.1 Å². The van der Waals surface area contributed by atoms with E-state index in [1.165, 1.54) is 11.3 Å². The van der Waals surface area contributed by atoms with Crippen molar-refractivity contribution >= 4 is 34.0 Å². The van der Waals surface area contributed by atoms with Crippen molar-refractivity contribution < 1.29 is 9.90 Å². The Morgan fingerprint density at radius 1 is 1.38 bits per heavy atom. The molecule has 0 radical (unpaired) electrons. The van der Waals surface area contributed by atoms with E-state index in [0.29, 0.717) is 34.9 Å². The predicted octanol–water partition coefficient (Wildman–Crippen LogP) is 2.75. The first kappa shape index (κ1) is 22.8. The van der Waals surface area contributed by atoms with Crippen molar-refractivity contribution in [2.45, 2.75) is 32.2 Å². The van der Waals surface area contributed by atoms with Crippen LogP contribution in [0.5, 0.6) is 0 Å². The number of pyridine rings is 1. The number of amides is 1. The van der Waals surface area contributed by atoms with E-state index < -0.39 is 0 Å². The maximum atomic E-state index is 12.5. The summed E-state index contributed by atoms with van der Waals surface area (Å²) in [6, 6.07) is 4.65. The molecule has 178 valence electrons. The zero-order valence-corrected chi connectivity index (χ0v) is 20.0. The number of hydrogen-bond donors (Lipinski definition) is 4. The van der Waals surface area contributed by atoms with Crippen LogP contribution in [0.2, 0.25) is 0 Å². The fraction of sp³-hybridized carbons (Fsp3) is 0.500. The number of aromatic amines is 1. The summed E-state index contributed by atoms with van der Waals surface area (Å²) in [5, 5.41) is 26.2. The molecule has 10 heteroatoms. The Kier molecular flexibility index (Phi) is 6.50. The van der Waals surface area contributed by atoms with Gasteiger partial charge in [-0.25, -0.2) is 9.97 Å². The van der Waals surface area contributed by atoms with Gasteiger partial charge in [0, 0.05) is 56.4 Å². The largest absolute Gasteiger partial charge is 0.395 e. The van der Waals surface area contributed by atoms with E-state index in [4.69, 9.17) is 15.4 Å². The first-order valence-electron chi connectivity index (χ1n) is 11.8. The molecule has 4 N–H and O–H groups in total. The molecule has 1 aliphatic carbocycles. The summed E-state index contributed by atoms with van der Waals surface area (Å²) in [4.78, 5) is 28.0. The smallest absolute Gasteiger partial charge is 0.263 e. The lowest BCUT2D eigenvalue weighted by Crippen LogP contribution is -2.26. The molecular formula is C24H29N7O2S. The molecule has 34 heavy (non-hydrogen) atoms. The Bertz CT molecular complexity index is 1220. The second-order valence-corrected chi connectivity index (χ2v) is 10.2. The summed E-state index contributed by atoms with van der Waals surface area (Å²) >= 11 is 1.35. The number of aryl methyl sites for hydroxylation is 1. The summed E-state index contributed by atoms with van der Waals surface area (Å²) in [5.41, 5.74) is 3.40. The summed E-state index contributed by atoms with van der Waals surface area (Å²) in [6.07, 6.45) is 6.53. The number of carbonyl (C=O) groups excluding carboxylic acids is 1. The fourth-order valence-electron chi connectivity index (χ4n) is 5.41. The molecule has 1 aliphatic heterocycles. The van der Waals surface area contributed by atoms with Crippen molar-refractivity contribution in [1.29, 1.82) is 5.26 Å². The highest BCUT2D eigenvalue weighted by molar-refractivity contribution is 7.17. The highest BCUT2D eigenvalue weighted by atomic mass is 32.1. The van der Waals surface area contributed by atoms with Crippen LogP contribution >= 0.6 is 11.3 Å². The number of H-pyrrole nitrogens is 1. The van der Waals surface area contributed by atoms with Crippen molar-refractivity contribution in [2.75, 3.05) is 38.1 Å². The van der Waals surface area contributed by atoms with Gasteiger partial charge in [-0.1, -0.05) is 0 Å². The molecule has 2 aliphatic rings. The third-order valence-corrected chi connectivity index (χ3v) is 8.12. The summed E-state index contributed by atoms with van der Waals surface area (Å²) in [5.74, 6) is 1.10. The fourth-order valence-corrected chi connectivity index (χ4v) is 6.41. The van der Waals surface area contributed by atoms with Crippen LogP contribution in [0.4, 0.5) is 5.69 Å². The zero-order chi connectivity index (χ0) is 23.7. The van der Waals surface area contributed by atoms with Gasteiger partial charge in [-0.2, -0.15) is 5.26 Å². The van der Waals surface area contributed by atoms with Crippen molar-refractivity contribution in [1.82, 2.24) is 25.2 Å². The molecule has 5 rings (SSSR count). The summed E-state index contributed by atoms with van der Waals surface area (Å²) < 4.78 is 0. The first-order chi connectivity index (χ1) is 16.6. The van der Waals surface area contributed by atoms with Gasteiger partial charge in [-0.15, -0.1) is 11.3 Å². The highest BCUT2D eigenvalue weighted by Crippen LogP contribution is 2.42. The topological polar surface area (TPSA) is 130 Å². The molecule has 3 atom stereocenters. The van der Waals surface area contributed by atoms with E-state index >= 15 is 0 Å². The summed E-state index contributed by atoms with van der Waals surface area (Å²) in [6.45, 7) is 4.97. The molecule has 1 saturated heterocycles. The number of rotatable bonds is 8. The molecular weight excluding hydrogens is 450 g/mol. The Hall–Kier alpha value is -3.00. The second-order valence-electron chi connectivity index (χ2n) is 9.20. The average Bonchev–Trinajstić information content (AvgIpc) is 3.59. The first-order valence-corrected chi connectivity index (χ1v) is 12.6. The number of anilines is 1. The number of aromatic nitrogens is 3. The van der Waals surface area contributed by atoms with Gasteiger partial charge in [0.1, 0.15) is 15.5 Å². The number of carbonyl (C=O) groups is 1. The molecule has 0 bridgehead atoms. The normalized spacial score (nSPS) is 22.1. The lowest BCUT2D eigenvalue weighted by Gasteiger charge is -2.21. The number of fused-ring (bicyclic) bond motifs is 2. The van der Waals surface area contributed by atoms with Crippen LogP contribution in [0.25, 0.3) is 21.6 Å². The van der Waals surface area contributed by atoms with Gasteiger partial charge in [0.25, 0.3) is 5.91 Å². The third-order valence-electron chi connectivity index (χ3n) is 6.93. The number of thiazole rings is 1. The molecule has 4 heterocycles. The predicted molar refractivity (Wildman–Crippen MR) is 132 cm³/mol. The van der Waals surface area contributed by atoms with Crippen molar-refractivity contribution in [3.63, 3.8) is 0 Å². The van der Waals surface area contributed by atoms with E-state index in [0.717, 1.165) is 59.8 Å². The van der Waals surface area contributed by atoms with Crippen LogP contribution in [-0.2, 0) is 0 Å². The number of likely N-dealkylation sites (tertiary alicyclic amines) is 1. The second kappa shape index (κ2) is 9.70. The SMILES string of the molecule is Cc1nc(-c2cnc3[nH]ccc3c2NC2C[C@@H]3CN(CCC#N)C[C@@H]3C2)sc1C(=O)NCCO. The van der Waals surface area contributed by atoms with Gasteiger partial charge >= 0.3 is 0 Å². The lowest BCUT2D eigenvalue weighted by molar-refractivity contribution is 0.0948. The van der Waals surface area contributed by atoms with Crippen LogP contribution in [0.1, 0.15) is 34.6 Å². The van der Waals surface area contributed by atoms with Crippen LogP contribution in [0, 0.1) is 30.1 Å². The Balaban J connectivity index is 1.39. The van der Waals surface area contributed by atoms with Gasteiger partial charge in [0.05, 0.1) is 29.6 Å². The zero-order valence-electron chi connectivity index (χ0n) is 19.2. The molecule has 1 unspecified atom stereocenters. The minimum Gasteiger partial charge on any atom is -0.395 e. The number of nitrogens with one attached hydrogen (secondary N) is 3. The number of nitriles is 1. The minimum absolute atomic E-state index is 0.0992. The number of aliphatic hydroxyl groups excluding tert-OH is 1. The lowest BCUT2D eigenvalue weighted by atomic mass is 10.0. The Labute approximate surface area is 202 Å². The third kappa shape index (κ3) is 4.39. The molecule has 0 aromatic carbocycles. The molecule has 1 saturated carbocycles. The molecule has 0 spiro atoms. The van der Waals surface area contributed by atoms with Crippen LogP contribution in [-0.4, -0.2) is 69.7 Å². The molecule has 9 nitrogen and oxygen atoms in total. The monoisotopic (exact) mass is 479 g/mol. The maximum absolute atomic E-state index is 12.5. The quantitative estimate of drug-likeness (QED) is 0.391. The van der Waals surface area contributed by atoms with Gasteiger partial charge in [0.2, 0.25) is 0 Å². The van der Waals surface area contributed by atoms with Crippen molar-refractivity contribution in [2.24, 2.45) is 11.8 Å². The van der Waals surface area contributed by atoms with E-state index in [2.05, 4.69) is 31.6 Å².